The molecule has 1 heterocycles. The SMILES string of the molecule is CCc1ccc(-c2c(CN)c(CC(C)C)nc(C)c2C(=O)OC(C)(C)C)cc1. The Kier molecular flexibility index (Phi) is 7.00. The van der Waals surface area contributed by atoms with Crippen LogP contribution in [0.4, 0.5) is 0 Å². The molecule has 0 unspecified atom stereocenters. The van der Waals surface area contributed by atoms with E-state index in [0.29, 0.717) is 23.7 Å². The van der Waals surface area contributed by atoms with Crippen LogP contribution in [0.25, 0.3) is 11.1 Å². The lowest BCUT2D eigenvalue weighted by Crippen LogP contribution is -2.26. The average Bonchev–Trinajstić information content (AvgIpc) is 2.59. The molecule has 0 saturated carbocycles. The standard InChI is InChI=1S/C24H34N2O2/c1-8-17-9-11-18(12-10-17)22-19(14-25)20(13-15(2)3)26-16(4)21(22)23(27)28-24(5,6)7/h9-12,15H,8,13-14,25H2,1-7H3. The van der Waals surface area contributed by atoms with Crippen molar-refractivity contribution < 1.29 is 9.53 Å². The molecule has 152 valence electrons. The summed E-state index contributed by atoms with van der Waals surface area (Å²) in [5, 5.41) is 0. The molecule has 0 spiro atoms. The van der Waals surface area contributed by atoms with E-state index in [1.807, 2.05) is 27.7 Å². The molecule has 2 N–H and O–H groups in total. The Hall–Kier alpha value is -2.20. The Morgan fingerprint density at radius 1 is 1.18 bits per heavy atom. The van der Waals surface area contributed by atoms with Crippen LogP contribution in [0.3, 0.4) is 0 Å². The quantitative estimate of drug-likeness (QED) is 0.695. The predicted octanol–water partition coefficient (Wildman–Crippen LogP) is 5.23. The van der Waals surface area contributed by atoms with Gasteiger partial charge in [-0.2, -0.15) is 0 Å². The number of nitrogens with two attached hydrogens (primary N) is 1. The van der Waals surface area contributed by atoms with E-state index in [0.717, 1.165) is 35.2 Å². The molecule has 1 aromatic heterocycles. The van der Waals surface area contributed by atoms with Gasteiger partial charge in [0, 0.05) is 17.8 Å². The Morgan fingerprint density at radius 2 is 1.79 bits per heavy atom. The molecular formula is C24H34N2O2. The van der Waals surface area contributed by atoms with Crippen LogP contribution in [0.1, 0.15) is 74.4 Å². The molecule has 0 saturated heterocycles. The lowest BCUT2D eigenvalue weighted by atomic mass is 9.89. The highest BCUT2D eigenvalue weighted by molar-refractivity contribution is 5.99. The number of pyridine rings is 1. The third-order valence-corrected chi connectivity index (χ3v) is 4.62. The molecule has 4 nitrogen and oxygen atoms in total. The maximum atomic E-state index is 13.1. The van der Waals surface area contributed by atoms with Crippen molar-refractivity contribution in [1.29, 1.82) is 0 Å². The molecule has 1 aromatic carbocycles. The van der Waals surface area contributed by atoms with E-state index >= 15 is 0 Å². The molecule has 0 aliphatic carbocycles. The number of hydrogen-bond donors (Lipinski definition) is 1. The van der Waals surface area contributed by atoms with Gasteiger partial charge in [0.15, 0.2) is 0 Å². The van der Waals surface area contributed by atoms with Crippen molar-refractivity contribution in [3.63, 3.8) is 0 Å². The normalized spacial score (nSPS) is 11.8. The Morgan fingerprint density at radius 3 is 2.25 bits per heavy atom. The monoisotopic (exact) mass is 382 g/mol. The minimum Gasteiger partial charge on any atom is -0.456 e. The van der Waals surface area contributed by atoms with E-state index in [9.17, 15) is 4.79 Å². The van der Waals surface area contributed by atoms with Crippen molar-refractivity contribution in [3.8, 4) is 11.1 Å². The van der Waals surface area contributed by atoms with Crippen molar-refractivity contribution in [3.05, 3.63) is 52.3 Å². The average molecular weight is 383 g/mol. The second-order valence-electron chi connectivity index (χ2n) is 8.73. The van der Waals surface area contributed by atoms with E-state index in [1.165, 1.54) is 5.56 Å². The maximum absolute atomic E-state index is 13.1. The summed E-state index contributed by atoms with van der Waals surface area (Å²) in [6.07, 6.45) is 1.79. The first kappa shape index (κ1) is 22.1. The second-order valence-corrected chi connectivity index (χ2v) is 8.73. The van der Waals surface area contributed by atoms with Crippen LogP contribution in [0.15, 0.2) is 24.3 Å². The van der Waals surface area contributed by atoms with Crippen molar-refractivity contribution in [1.82, 2.24) is 4.98 Å². The van der Waals surface area contributed by atoms with E-state index in [1.54, 1.807) is 0 Å². The highest BCUT2D eigenvalue weighted by atomic mass is 16.6. The summed E-state index contributed by atoms with van der Waals surface area (Å²) >= 11 is 0. The summed E-state index contributed by atoms with van der Waals surface area (Å²) in [5.74, 6) is 0.0951. The fraction of sp³-hybridized carbons (Fsp3) is 0.500. The zero-order chi connectivity index (χ0) is 21.1. The first-order chi connectivity index (χ1) is 13.1. The third-order valence-electron chi connectivity index (χ3n) is 4.62. The van der Waals surface area contributed by atoms with Crippen LogP contribution >= 0.6 is 0 Å². The van der Waals surface area contributed by atoms with Gasteiger partial charge in [-0.15, -0.1) is 0 Å². The van der Waals surface area contributed by atoms with Crippen LogP contribution in [0, 0.1) is 12.8 Å². The van der Waals surface area contributed by atoms with E-state index in [-0.39, 0.29) is 5.97 Å². The number of aromatic nitrogens is 1. The molecule has 4 heteroatoms. The fourth-order valence-electron chi connectivity index (χ4n) is 3.38. The molecule has 0 fully saturated rings. The van der Waals surface area contributed by atoms with Gasteiger partial charge in [-0.3, -0.25) is 4.98 Å². The number of aryl methyl sites for hydroxylation is 2. The first-order valence-electron chi connectivity index (χ1n) is 10.1. The first-order valence-corrected chi connectivity index (χ1v) is 10.1. The van der Waals surface area contributed by atoms with Gasteiger partial charge in [0.05, 0.1) is 11.3 Å². The summed E-state index contributed by atoms with van der Waals surface area (Å²) in [6, 6.07) is 8.35. The van der Waals surface area contributed by atoms with E-state index in [4.69, 9.17) is 15.5 Å². The van der Waals surface area contributed by atoms with Gasteiger partial charge in [0.2, 0.25) is 0 Å². The van der Waals surface area contributed by atoms with Gasteiger partial charge in [-0.25, -0.2) is 4.79 Å². The summed E-state index contributed by atoms with van der Waals surface area (Å²) in [7, 11) is 0. The zero-order valence-electron chi connectivity index (χ0n) is 18.3. The van der Waals surface area contributed by atoms with Gasteiger partial charge in [-0.05, 0) is 63.1 Å². The Balaban J connectivity index is 2.76. The molecule has 0 aliphatic heterocycles. The maximum Gasteiger partial charge on any atom is 0.341 e. The predicted molar refractivity (Wildman–Crippen MR) is 115 cm³/mol. The van der Waals surface area contributed by atoms with Crippen molar-refractivity contribution in [2.45, 2.75) is 73.5 Å². The summed E-state index contributed by atoms with van der Waals surface area (Å²) in [4.78, 5) is 17.9. The number of esters is 1. The zero-order valence-corrected chi connectivity index (χ0v) is 18.3. The van der Waals surface area contributed by atoms with Gasteiger partial charge in [0.1, 0.15) is 5.60 Å². The van der Waals surface area contributed by atoms with Crippen LogP contribution in [0.2, 0.25) is 0 Å². The summed E-state index contributed by atoms with van der Waals surface area (Å²) < 4.78 is 5.71. The molecular weight excluding hydrogens is 348 g/mol. The topological polar surface area (TPSA) is 65.2 Å². The van der Waals surface area contributed by atoms with Gasteiger partial charge >= 0.3 is 5.97 Å². The minimum atomic E-state index is -0.577. The van der Waals surface area contributed by atoms with Crippen molar-refractivity contribution in [2.75, 3.05) is 0 Å². The van der Waals surface area contributed by atoms with E-state index < -0.39 is 5.60 Å². The van der Waals surface area contributed by atoms with Gasteiger partial charge in [-0.1, -0.05) is 45.0 Å². The summed E-state index contributed by atoms with van der Waals surface area (Å²) in [5.41, 5.74) is 11.8. The van der Waals surface area contributed by atoms with Crippen LogP contribution < -0.4 is 5.73 Å². The molecule has 0 radical (unpaired) electrons. The van der Waals surface area contributed by atoms with Crippen molar-refractivity contribution in [2.24, 2.45) is 11.7 Å². The number of hydrogen-bond acceptors (Lipinski definition) is 4. The third kappa shape index (κ3) is 5.20. The molecule has 0 atom stereocenters. The second kappa shape index (κ2) is 8.87. The molecule has 0 amide bonds. The number of carbonyl (C=O) groups excluding carboxylic acids is 1. The largest absolute Gasteiger partial charge is 0.456 e. The lowest BCUT2D eigenvalue weighted by Gasteiger charge is -2.24. The van der Waals surface area contributed by atoms with Crippen LogP contribution in [0.5, 0.6) is 0 Å². The minimum absolute atomic E-state index is 0.329. The number of benzene rings is 1. The molecule has 0 bridgehead atoms. The molecule has 2 rings (SSSR count). The highest BCUT2D eigenvalue weighted by Gasteiger charge is 2.27. The molecule has 28 heavy (non-hydrogen) atoms. The van der Waals surface area contributed by atoms with Crippen LogP contribution in [-0.2, 0) is 24.1 Å². The summed E-state index contributed by atoms with van der Waals surface area (Å²) in [6.45, 7) is 14.3. The number of carbonyl (C=O) groups is 1. The Labute approximate surface area is 169 Å². The fourth-order valence-corrected chi connectivity index (χ4v) is 3.38. The highest BCUT2D eigenvalue weighted by Crippen LogP contribution is 2.33. The smallest absolute Gasteiger partial charge is 0.341 e. The lowest BCUT2D eigenvalue weighted by molar-refractivity contribution is 0.00690. The van der Waals surface area contributed by atoms with Crippen LogP contribution in [-0.4, -0.2) is 16.6 Å². The Bertz CT molecular complexity index is 831. The number of ether oxygens (including phenoxy) is 1. The van der Waals surface area contributed by atoms with E-state index in [2.05, 4.69) is 45.0 Å². The van der Waals surface area contributed by atoms with Gasteiger partial charge in [0.25, 0.3) is 0 Å². The molecule has 0 aliphatic rings. The van der Waals surface area contributed by atoms with Gasteiger partial charge < -0.3 is 10.5 Å². The molecule has 2 aromatic rings. The number of rotatable bonds is 6. The van der Waals surface area contributed by atoms with Crippen molar-refractivity contribution >= 4 is 5.97 Å². The number of nitrogens with zero attached hydrogens (tertiary/aromatic N) is 1.